The fourth-order valence-corrected chi connectivity index (χ4v) is 2.32. The van der Waals surface area contributed by atoms with Crippen molar-refractivity contribution in [2.24, 2.45) is 0 Å². The molecule has 3 fully saturated rings. The Labute approximate surface area is 96.1 Å². The molecule has 1 amide bonds. The standard InChI is InChI=1S/C11H10BrNO2/c12-7-1-3-8(4-2-7)13-6-9-5-10(15-9)11(13)14/h1-4,9-10H,5-6H2. The molecule has 0 aliphatic carbocycles. The Morgan fingerprint density at radius 2 is 2.00 bits per heavy atom. The number of benzene rings is 1. The lowest BCUT2D eigenvalue weighted by atomic mass is 9.97. The summed E-state index contributed by atoms with van der Waals surface area (Å²) in [4.78, 5) is 13.7. The number of halogens is 1. The van der Waals surface area contributed by atoms with Crippen LogP contribution in [0.15, 0.2) is 28.7 Å². The van der Waals surface area contributed by atoms with Crippen LogP contribution in [0.4, 0.5) is 5.69 Å². The monoisotopic (exact) mass is 267 g/mol. The summed E-state index contributed by atoms with van der Waals surface area (Å²) in [6.07, 6.45) is 0.954. The van der Waals surface area contributed by atoms with E-state index in [0.717, 1.165) is 16.6 Å². The summed E-state index contributed by atoms with van der Waals surface area (Å²) < 4.78 is 6.39. The quantitative estimate of drug-likeness (QED) is 0.779. The molecule has 3 saturated heterocycles. The topological polar surface area (TPSA) is 29.5 Å². The minimum atomic E-state index is -0.188. The van der Waals surface area contributed by atoms with Gasteiger partial charge in [0.05, 0.1) is 12.6 Å². The summed E-state index contributed by atoms with van der Waals surface area (Å²) in [5, 5.41) is 0. The molecule has 1 aromatic carbocycles. The lowest BCUT2D eigenvalue weighted by molar-refractivity contribution is -0.169. The van der Waals surface area contributed by atoms with E-state index in [2.05, 4.69) is 15.9 Å². The van der Waals surface area contributed by atoms with Gasteiger partial charge >= 0.3 is 0 Å². The third kappa shape index (κ3) is 1.48. The van der Waals surface area contributed by atoms with E-state index in [4.69, 9.17) is 4.74 Å². The lowest BCUT2D eigenvalue weighted by Crippen LogP contribution is -2.61. The van der Waals surface area contributed by atoms with Crippen molar-refractivity contribution in [2.75, 3.05) is 11.4 Å². The number of hydrogen-bond donors (Lipinski definition) is 0. The van der Waals surface area contributed by atoms with E-state index in [1.165, 1.54) is 0 Å². The van der Waals surface area contributed by atoms with Gasteiger partial charge in [0.25, 0.3) is 5.91 Å². The van der Waals surface area contributed by atoms with Gasteiger partial charge in [-0.1, -0.05) is 15.9 Å². The molecule has 2 unspecified atom stereocenters. The third-order valence-corrected chi connectivity index (χ3v) is 3.43. The Kier molecular flexibility index (Phi) is 2.07. The number of anilines is 1. The van der Waals surface area contributed by atoms with Crippen LogP contribution >= 0.6 is 15.9 Å². The highest BCUT2D eigenvalue weighted by atomic mass is 79.9. The van der Waals surface area contributed by atoms with Crippen LogP contribution in [0.3, 0.4) is 0 Å². The maximum absolute atomic E-state index is 11.8. The molecule has 4 heteroatoms. The number of nitrogens with zero attached hydrogens (tertiary/aromatic N) is 1. The predicted octanol–water partition coefficient (Wildman–Crippen LogP) is 1.95. The normalized spacial score (nSPS) is 28.9. The van der Waals surface area contributed by atoms with Crippen molar-refractivity contribution in [1.82, 2.24) is 0 Å². The second-order valence-corrected chi connectivity index (χ2v) is 4.82. The van der Waals surface area contributed by atoms with Crippen LogP contribution in [-0.2, 0) is 9.53 Å². The molecule has 1 aromatic rings. The second kappa shape index (κ2) is 3.32. The van der Waals surface area contributed by atoms with Crippen molar-refractivity contribution in [3.05, 3.63) is 28.7 Å². The predicted molar refractivity (Wildman–Crippen MR) is 59.8 cm³/mol. The summed E-state index contributed by atoms with van der Waals surface area (Å²) in [5.41, 5.74) is 0.959. The molecule has 0 aromatic heterocycles. The highest BCUT2D eigenvalue weighted by molar-refractivity contribution is 9.10. The van der Waals surface area contributed by atoms with Gasteiger partial charge in [0, 0.05) is 16.6 Å². The van der Waals surface area contributed by atoms with Crippen molar-refractivity contribution >= 4 is 27.5 Å². The van der Waals surface area contributed by atoms with Crippen molar-refractivity contribution < 1.29 is 9.53 Å². The third-order valence-electron chi connectivity index (χ3n) is 2.90. The summed E-state index contributed by atoms with van der Waals surface area (Å²) in [6.45, 7) is 0.691. The van der Waals surface area contributed by atoms with Crippen LogP contribution in [0.2, 0.25) is 0 Å². The Morgan fingerprint density at radius 3 is 2.60 bits per heavy atom. The molecule has 0 radical (unpaired) electrons. The molecule has 3 aliphatic heterocycles. The van der Waals surface area contributed by atoms with Crippen LogP contribution in [0, 0.1) is 0 Å². The first-order valence-corrected chi connectivity index (χ1v) is 5.76. The van der Waals surface area contributed by atoms with Crippen LogP contribution in [0.1, 0.15) is 6.42 Å². The van der Waals surface area contributed by atoms with Gasteiger partial charge in [0.2, 0.25) is 0 Å². The number of piperidine rings is 1. The zero-order valence-corrected chi connectivity index (χ0v) is 9.61. The summed E-state index contributed by atoms with van der Waals surface area (Å²) >= 11 is 3.38. The highest BCUT2D eigenvalue weighted by Gasteiger charge is 2.45. The molecule has 3 aliphatic rings. The van der Waals surface area contributed by atoms with Crippen LogP contribution in [0.5, 0.6) is 0 Å². The van der Waals surface area contributed by atoms with Gasteiger partial charge in [-0.25, -0.2) is 0 Å². The van der Waals surface area contributed by atoms with Gasteiger partial charge in [-0.15, -0.1) is 0 Å². The molecular weight excluding hydrogens is 258 g/mol. The average Bonchev–Trinajstić information content (AvgIpc) is 2.18. The fourth-order valence-electron chi connectivity index (χ4n) is 2.06. The first-order valence-electron chi connectivity index (χ1n) is 4.96. The Hall–Kier alpha value is -0.870. The smallest absolute Gasteiger partial charge is 0.256 e. The number of fused-ring (bicyclic) bond motifs is 2. The number of carbonyl (C=O) groups excluding carboxylic acids is 1. The van der Waals surface area contributed by atoms with Gasteiger partial charge in [-0.2, -0.15) is 0 Å². The van der Waals surface area contributed by atoms with E-state index in [1.807, 2.05) is 29.2 Å². The summed E-state index contributed by atoms with van der Waals surface area (Å²) in [5.74, 6) is 0.0971. The molecule has 3 nitrogen and oxygen atoms in total. The molecule has 78 valence electrons. The summed E-state index contributed by atoms with van der Waals surface area (Å²) in [6, 6.07) is 7.80. The molecule has 15 heavy (non-hydrogen) atoms. The van der Waals surface area contributed by atoms with Crippen LogP contribution < -0.4 is 4.90 Å². The van der Waals surface area contributed by atoms with Crippen molar-refractivity contribution in [3.63, 3.8) is 0 Å². The average molecular weight is 268 g/mol. The van der Waals surface area contributed by atoms with Gasteiger partial charge in [0.1, 0.15) is 6.10 Å². The number of carbonyl (C=O) groups is 1. The largest absolute Gasteiger partial charge is 0.363 e. The minimum absolute atomic E-state index is 0.0971. The molecule has 4 rings (SSSR count). The van der Waals surface area contributed by atoms with E-state index in [9.17, 15) is 4.79 Å². The van der Waals surface area contributed by atoms with E-state index >= 15 is 0 Å². The molecular formula is C11H10BrNO2. The molecule has 0 saturated carbocycles. The maximum Gasteiger partial charge on any atom is 0.256 e. The van der Waals surface area contributed by atoms with Gasteiger partial charge in [-0.05, 0) is 24.3 Å². The zero-order valence-electron chi connectivity index (χ0n) is 8.02. The Morgan fingerprint density at radius 1 is 1.33 bits per heavy atom. The minimum Gasteiger partial charge on any atom is -0.363 e. The van der Waals surface area contributed by atoms with E-state index in [-0.39, 0.29) is 18.1 Å². The number of ether oxygens (including phenoxy) is 1. The van der Waals surface area contributed by atoms with Gasteiger partial charge < -0.3 is 9.64 Å². The second-order valence-electron chi connectivity index (χ2n) is 3.91. The molecule has 0 spiro atoms. The van der Waals surface area contributed by atoms with Gasteiger partial charge in [-0.3, -0.25) is 4.79 Å². The van der Waals surface area contributed by atoms with Gasteiger partial charge in [0.15, 0.2) is 0 Å². The van der Waals surface area contributed by atoms with Crippen molar-refractivity contribution in [1.29, 1.82) is 0 Å². The van der Waals surface area contributed by atoms with E-state index < -0.39 is 0 Å². The maximum atomic E-state index is 11.8. The number of morpholine rings is 1. The lowest BCUT2D eigenvalue weighted by Gasteiger charge is -2.45. The van der Waals surface area contributed by atoms with Crippen molar-refractivity contribution in [3.8, 4) is 0 Å². The number of rotatable bonds is 1. The molecule has 0 N–H and O–H groups in total. The first-order chi connectivity index (χ1) is 7.24. The highest BCUT2D eigenvalue weighted by Crippen LogP contribution is 2.32. The van der Waals surface area contributed by atoms with E-state index in [0.29, 0.717) is 6.54 Å². The number of amides is 1. The first kappa shape index (κ1) is 9.36. The summed E-state index contributed by atoms with van der Waals surface area (Å²) in [7, 11) is 0. The molecule has 2 bridgehead atoms. The fraction of sp³-hybridized carbons (Fsp3) is 0.364. The van der Waals surface area contributed by atoms with Crippen LogP contribution in [0.25, 0.3) is 0 Å². The Balaban J connectivity index is 1.88. The zero-order chi connectivity index (χ0) is 10.4. The van der Waals surface area contributed by atoms with Crippen molar-refractivity contribution in [2.45, 2.75) is 18.6 Å². The molecule has 3 heterocycles. The van der Waals surface area contributed by atoms with Crippen LogP contribution in [-0.4, -0.2) is 24.7 Å². The molecule has 2 atom stereocenters. The number of hydrogen-bond acceptors (Lipinski definition) is 2. The SMILES string of the molecule is O=C1C2CC(CN1c1ccc(Br)cc1)O2. The van der Waals surface area contributed by atoms with E-state index in [1.54, 1.807) is 0 Å². The Bertz CT molecular complexity index is 398.